The normalized spacial score (nSPS) is 14.2. The average molecular weight is 372 g/mol. The molecule has 0 aromatic heterocycles. The Balaban J connectivity index is 2.99. The molecule has 0 bridgehead atoms. The zero-order valence-electron chi connectivity index (χ0n) is 11.3. The molecular formula is C14H15BrClF3O. The molecule has 1 rings (SSSR count). The number of hydrogen-bond acceptors (Lipinski definition) is 1. The summed E-state index contributed by atoms with van der Waals surface area (Å²) in [5.74, 6) is -0.0639. The van der Waals surface area contributed by atoms with Gasteiger partial charge in [-0.3, -0.25) is 4.79 Å². The number of benzene rings is 1. The second kappa shape index (κ2) is 6.06. The zero-order valence-corrected chi connectivity index (χ0v) is 13.7. The van der Waals surface area contributed by atoms with Crippen LogP contribution in [0.25, 0.3) is 0 Å². The van der Waals surface area contributed by atoms with Crippen LogP contribution in [0.1, 0.15) is 31.9 Å². The van der Waals surface area contributed by atoms with Crippen molar-refractivity contribution in [3.8, 4) is 0 Å². The second-order valence-corrected chi connectivity index (χ2v) is 7.17. The van der Waals surface area contributed by atoms with E-state index in [1.807, 2.05) is 0 Å². The Morgan fingerprint density at radius 2 is 1.80 bits per heavy atom. The third-order valence-electron chi connectivity index (χ3n) is 2.72. The molecule has 1 atom stereocenters. The van der Waals surface area contributed by atoms with Crippen LogP contribution in [0, 0.1) is 5.41 Å². The van der Waals surface area contributed by atoms with Crippen LogP contribution in [0.2, 0.25) is 5.02 Å². The minimum absolute atomic E-state index is 0.0118. The molecule has 0 aliphatic heterocycles. The smallest absolute Gasteiger partial charge is 0.298 e. The summed E-state index contributed by atoms with van der Waals surface area (Å²) in [5, 5.41) is 0.0118. The molecule has 1 unspecified atom stereocenters. The van der Waals surface area contributed by atoms with E-state index >= 15 is 0 Å². The van der Waals surface area contributed by atoms with Gasteiger partial charge in [0.1, 0.15) is 0 Å². The third kappa shape index (κ3) is 4.77. The highest BCUT2D eigenvalue weighted by Gasteiger charge is 2.32. The lowest BCUT2D eigenvalue weighted by atomic mass is 9.87. The Morgan fingerprint density at radius 3 is 2.25 bits per heavy atom. The van der Waals surface area contributed by atoms with Crippen molar-refractivity contribution < 1.29 is 18.0 Å². The van der Waals surface area contributed by atoms with E-state index in [4.69, 9.17) is 11.6 Å². The van der Waals surface area contributed by atoms with E-state index in [1.54, 1.807) is 20.8 Å². The van der Waals surface area contributed by atoms with Gasteiger partial charge in [0.15, 0.2) is 5.78 Å². The number of carbonyl (C=O) groups excluding carboxylic acids is 1. The fourth-order valence-corrected chi connectivity index (χ4v) is 3.02. The number of Topliss-reactive ketones (excluding diaryl/α,β-unsaturated/α-hetero) is 1. The van der Waals surface area contributed by atoms with Crippen molar-refractivity contribution >= 4 is 33.3 Å². The summed E-state index contributed by atoms with van der Waals surface area (Å²) in [6, 6.07) is 3.34. The summed E-state index contributed by atoms with van der Waals surface area (Å²) >= 11 is 8.95. The van der Waals surface area contributed by atoms with E-state index in [0.29, 0.717) is 5.56 Å². The van der Waals surface area contributed by atoms with Crippen LogP contribution in [0.5, 0.6) is 0 Å². The maximum atomic E-state index is 12.7. The van der Waals surface area contributed by atoms with Crippen molar-refractivity contribution in [1.29, 1.82) is 0 Å². The SMILES string of the molecule is CC(C)(C)C(=O)C(Br)Cc1cc(Cl)cc(C(F)(F)F)c1. The van der Waals surface area contributed by atoms with Crippen LogP contribution in [-0.4, -0.2) is 10.6 Å². The Bertz CT molecular complexity index is 506. The van der Waals surface area contributed by atoms with Gasteiger partial charge in [-0.15, -0.1) is 0 Å². The fourth-order valence-electron chi connectivity index (χ4n) is 1.70. The quantitative estimate of drug-likeness (QED) is 0.661. The number of hydrogen-bond donors (Lipinski definition) is 0. The Morgan fingerprint density at radius 1 is 1.25 bits per heavy atom. The molecule has 0 radical (unpaired) electrons. The van der Waals surface area contributed by atoms with Gasteiger partial charge in [0.05, 0.1) is 10.4 Å². The third-order valence-corrected chi connectivity index (χ3v) is 3.68. The molecule has 20 heavy (non-hydrogen) atoms. The molecule has 0 aliphatic rings. The minimum atomic E-state index is -4.45. The highest BCUT2D eigenvalue weighted by molar-refractivity contribution is 9.10. The number of ketones is 1. The van der Waals surface area contributed by atoms with Gasteiger partial charge >= 0.3 is 6.18 Å². The first-order chi connectivity index (χ1) is 8.91. The van der Waals surface area contributed by atoms with E-state index < -0.39 is 22.0 Å². The van der Waals surface area contributed by atoms with Gasteiger partial charge in [-0.25, -0.2) is 0 Å². The van der Waals surface area contributed by atoms with Crippen LogP contribution in [-0.2, 0) is 17.4 Å². The van der Waals surface area contributed by atoms with Gasteiger partial charge in [-0.2, -0.15) is 13.2 Å². The van der Waals surface area contributed by atoms with E-state index in [2.05, 4.69) is 15.9 Å². The Labute approximate surface area is 129 Å². The summed E-state index contributed by atoms with van der Waals surface area (Å²) in [7, 11) is 0. The lowest BCUT2D eigenvalue weighted by molar-refractivity contribution is -0.137. The largest absolute Gasteiger partial charge is 0.416 e. The van der Waals surface area contributed by atoms with Crippen molar-refractivity contribution in [3.05, 3.63) is 34.3 Å². The molecule has 0 spiro atoms. The molecule has 0 amide bonds. The summed E-state index contributed by atoms with van der Waals surface area (Å²) in [4.78, 5) is 11.5. The van der Waals surface area contributed by atoms with Gasteiger partial charge in [0.25, 0.3) is 0 Å². The standard InChI is InChI=1S/C14H15BrClF3O/c1-13(2,3)12(20)11(15)6-8-4-9(14(17,18)19)7-10(16)5-8/h4-5,7,11H,6H2,1-3H3. The maximum absolute atomic E-state index is 12.7. The molecule has 112 valence electrons. The molecule has 0 N–H and O–H groups in total. The Kier molecular flexibility index (Phi) is 5.30. The van der Waals surface area contributed by atoms with Crippen molar-refractivity contribution in [2.45, 2.75) is 38.2 Å². The van der Waals surface area contributed by atoms with Crippen molar-refractivity contribution in [1.82, 2.24) is 0 Å². The summed E-state index contributed by atoms with van der Waals surface area (Å²) < 4.78 is 38.1. The Hall–Kier alpha value is -0.550. The number of alkyl halides is 4. The first-order valence-electron chi connectivity index (χ1n) is 5.96. The monoisotopic (exact) mass is 370 g/mol. The van der Waals surface area contributed by atoms with Gasteiger partial charge in [0, 0.05) is 10.4 Å². The molecule has 0 saturated carbocycles. The second-order valence-electron chi connectivity index (χ2n) is 5.63. The van der Waals surface area contributed by atoms with Gasteiger partial charge in [-0.05, 0) is 30.2 Å². The number of carbonyl (C=O) groups is 1. The number of halogens is 5. The van der Waals surface area contributed by atoms with Crippen molar-refractivity contribution in [2.75, 3.05) is 0 Å². The first-order valence-corrected chi connectivity index (χ1v) is 7.25. The highest BCUT2D eigenvalue weighted by Crippen LogP contribution is 2.33. The molecule has 0 heterocycles. The first kappa shape index (κ1) is 17.5. The van der Waals surface area contributed by atoms with Crippen LogP contribution >= 0.6 is 27.5 Å². The van der Waals surface area contributed by atoms with E-state index in [-0.39, 0.29) is 17.2 Å². The van der Waals surface area contributed by atoms with E-state index in [0.717, 1.165) is 12.1 Å². The summed E-state index contributed by atoms with van der Waals surface area (Å²) in [6.07, 6.45) is -4.28. The lowest BCUT2D eigenvalue weighted by Crippen LogP contribution is -2.30. The van der Waals surface area contributed by atoms with E-state index in [9.17, 15) is 18.0 Å². The number of rotatable bonds is 3. The molecule has 1 nitrogen and oxygen atoms in total. The van der Waals surface area contributed by atoms with Crippen molar-refractivity contribution in [3.63, 3.8) is 0 Å². The van der Waals surface area contributed by atoms with Crippen LogP contribution in [0.15, 0.2) is 18.2 Å². The minimum Gasteiger partial charge on any atom is -0.298 e. The molecule has 0 fully saturated rings. The van der Waals surface area contributed by atoms with Gasteiger partial charge in [0.2, 0.25) is 0 Å². The van der Waals surface area contributed by atoms with Crippen LogP contribution in [0.3, 0.4) is 0 Å². The maximum Gasteiger partial charge on any atom is 0.416 e. The average Bonchev–Trinajstić information content (AvgIpc) is 2.24. The molecular weight excluding hydrogens is 357 g/mol. The zero-order chi connectivity index (χ0) is 15.7. The van der Waals surface area contributed by atoms with Crippen LogP contribution < -0.4 is 0 Å². The molecule has 1 aromatic carbocycles. The lowest BCUT2D eigenvalue weighted by Gasteiger charge is -2.21. The van der Waals surface area contributed by atoms with Crippen LogP contribution in [0.4, 0.5) is 13.2 Å². The predicted molar refractivity (Wildman–Crippen MR) is 77.3 cm³/mol. The highest BCUT2D eigenvalue weighted by atomic mass is 79.9. The molecule has 0 saturated heterocycles. The topological polar surface area (TPSA) is 17.1 Å². The predicted octanol–water partition coefficient (Wildman–Crippen LogP) is 5.28. The molecule has 6 heteroatoms. The van der Waals surface area contributed by atoms with Gasteiger partial charge < -0.3 is 0 Å². The summed E-state index contributed by atoms with van der Waals surface area (Å²) in [6.45, 7) is 5.30. The molecule has 1 aromatic rings. The van der Waals surface area contributed by atoms with E-state index in [1.165, 1.54) is 6.07 Å². The summed E-state index contributed by atoms with van der Waals surface area (Å²) in [5.41, 5.74) is -0.980. The fraction of sp³-hybridized carbons (Fsp3) is 0.500. The van der Waals surface area contributed by atoms with Gasteiger partial charge in [-0.1, -0.05) is 48.3 Å². The molecule has 0 aliphatic carbocycles. The van der Waals surface area contributed by atoms with Crippen molar-refractivity contribution in [2.24, 2.45) is 5.41 Å².